The lowest BCUT2D eigenvalue weighted by atomic mass is 10.1. The van der Waals surface area contributed by atoms with E-state index in [1.165, 1.54) is 29.7 Å². The van der Waals surface area contributed by atoms with Gasteiger partial charge >= 0.3 is 0 Å². The minimum Gasteiger partial charge on any atom is -0.269 e. The van der Waals surface area contributed by atoms with Gasteiger partial charge in [0.25, 0.3) is 11.8 Å². The maximum Gasteiger partial charge on any atom is 0.262 e. The van der Waals surface area contributed by atoms with Crippen molar-refractivity contribution >= 4 is 23.4 Å². The number of halogens is 1. The number of aromatic nitrogens is 4. The smallest absolute Gasteiger partial charge is 0.262 e. The van der Waals surface area contributed by atoms with Crippen LogP contribution in [0, 0.1) is 0 Å². The fourth-order valence-electron chi connectivity index (χ4n) is 2.97. The second kappa shape index (κ2) is 6.27. The molecule has 0 bridgehead atoms. The van der Waals surface area contributed by atoms with Gasteiger partial charge < -0.3 is 0 Å². The van der Waals surface area contributed by atoms with Crippen LogP contribution in [0.5, 0.6) is 0 Å². The van der Waals surface area contributed by atoms with E-state index in [0.717, 1.165) is 0 Å². The van der Waals surface area contributed by atoms with E-state index in [-0.39, 0.29) is 17.0 Å². The van der Waals surface area contributed by atoms with Gasteiger partial charge in [0, 0.05) is 12.4 Å². The predicted molar refractivity (Wildman–Crippen MR) is 93.4 cm³/mol. The van der Waals surface area contributed by atoms with Crippen molar-refractivity contribution in [2.24, 2.45) is 0 Å². The van der Waals surface area contributed by atoms with Crippen molar-refractivity contribution in [2.45, 2.75) is 13.0 Å². The number of rotatable bonds is 3. The molecule has 0 saturated heterocycles. The number of imide groups is 1. The molecule has 7 nitrogen and oxygen atoms in total. The van der Waals surface area contributed by atoms with Gasteiger partial charge in [0.2, 0.25) is 0 Å². The third kappa shape index (κ3) is 2.53. The highest BCUT2D eigenvalue weighted by atomic mass is 35.5. The Kier molecular flexibility index (Phi) is 3.93. The van der Waals surface area contributed by atoms with Crippen molar-refractivity contribution in [1.29, 1.82) is 0 Å². The number of fused-ring (bicyclic) bond motifs is 1. The van der Waals surface area contributed by atoms with Crippen molar-refractivity contribution in [2.75, 3.05) is 0 Å². The molecule has 1 aliphatic rings. The highest BCUT2D eigenvalue weighted by Gasteiger charge is 2.40. The van der Waals surface area contributed by atoms with E-state index in [4.69, 9.17) is 11.6 Å². The molecule has 2 aromatic heterocycles. The van der Waals surface area contributed by atoms with Gasteiger partial charge in [0.15, 0.2) is 0 Å². The second-order valence-corrected chi connectivity index (χ2v) is 6.10. The molecule has 0 aliphatic carbocycles. The summed E-state index contributed by atoms with van der Waals surface area (Å²) in [6.07, 6.45) is 5.91. The molecule has 0 spiro atoms. The summed E-state index contributed by atoms with van der Waals surface area (Å²) in [6, 6.07) is 6.13. The van der Waals surface area contributed by atoms with E-state index in [2.05, 4.69) is 19.9 Å². The molecule has 2 amide bonds. The molecule has 0 radical (unpaired) electrons. The number of amides is 2. The molecule has 1 aliphatic heterocycles. The molecular formula is C18H12ClN5O2. The predicted octanol–water partition coefficient (Wildman–Crippen LogP) is 2.94. The van der Waals surface area contributed by atoms with Gasteiger partial charge in [0.05, 0.1) is 35.3 Å². The fourth-order valence-corrected chi connectivity index (χ4v) is 3.07. The molecule has 26 heavy (non-hydrogen) atoms. The lowest BCUT2D eigenvalue weighted by molar-refractivity contribution is 0.0592. The number of hydrogen-bond acceptors (Lipinski definition) is 6. The highest BCUT2D eigenvalue weighted by molar-refractivity contribution is 6.29. The first-order chi connectivity index (χ1) is 12.6. The van der Waals surface area contributed by atoms with Crippen LogP contribution in [0.4, 0.5) is 0 Å². The zero-order chi connectivity index (χ0) is 18.3. The van der Waals surface area contributed by atoms with E-state index in [1.54, 1.807) is 31.2 Å². The molecule has 0 N–H and O–H groups in total. The number of carbonyl (C=O) groups is 2. The number of carbonyl (C=O) groups excluding carboxylic acids is 2. The molecule has 4 rings (SSSR count). The fraction of sp³-hybridized carbons (Fsp3) is 0.111. The summed E-state index contributed by atoms with van der Waals surface area (Å²) in [5, 5.41) is 0.257. The Morgan fingerprint density at radius 3 is 2.19 bits per heavy atom. The maximum absolute atomic E-state index is 12.7. The van der Waals surface area contributed by atoms with Gasteiger partial charge in [-0.05, 0) is 19.1 Å². The van der Waals surface area contributed by atoms with Crippen LogP contribution in [0.1, 0.15) is 39.4 Å². The Bertz CT molecular complexity index is 987. The topological polar surface area (TPSA) is 88.9 Å². The molecule has 8 heteroatoms. The summed E-state index contributed by atoms with van der Waals surface area (Å²) in [7, 11) is 0. The van der Waals surface area contributed by atoms with Crippen LogP contribution in [-0.2, 0) is 0 Å². The van der Waals surface area contributed by atoms with E-state index >= 15 is 0 Å². The number of nitrogens with zero attached hydrogens (tertiary/aromatic N) is 5. The monoisotopic (exact) mass is 365 g/mol. The van der Waals surface area contributed by atoms with E-state index in [9.17, 15) is 9.59 Å². The lowest BCUT2D eigenvalue weighted by Gasteiger charge is -2.23. The van der Waals surface area contributed by atoms with E-state index < -0.39 is 6.04 Å². The SMILES string of the molecule is CC(c1nccnc1-c1cnc(Cl)cn1)N1C(=O)c2ccccc2C1=O. The van der Waals surface area contributed by atoms with Gasteiger partial charge in [-0.25, -0.2) is 9.97 Å². The van der Waals surface area contributed by atoms with Gasteiger partial charge in [-0.15, -0.1) is 0 Å². The normalized spacial score (nSPS) is 14.5. The first kappa shape index (κ1) is 16.3. The highest BCUT2D eigenvalue weighted by Crippen LogP contribution is 2.33. The van der Waals surface area contributed by atoms with Gasteiger partial charge in [-0.1, -0.05) is 23.7 Å². The Hall–Kier alpha value is -3.19. The Morgan fingerprint density at radius 2 is 1.58 bits per heavy atom. The van der Waals surface area contributed by atoms with Crippen molar-refractivity contribution < 1.29 is 9.59 Å². The van der Waals surface area contributed by atoms with Crippen molar-refractivity contribution in [1.82, 2.24) is 24.8 Å². The molecule has 0 saturated carbocycles. The molecule has 1 unspecified atom stereocenters. The first-order valence-electron chi connectivity index (χ1n) is 7.83. The lowest BCUT2D eigenvalue weighted by Crippen LogP contribution is -2.33. The molecule has 3 heterocycles. The zero-order valence-electron chi connectivity index (χ0n) is 13.6. The number of benzene rings is 1. The van der Waals surface area contributed by atoms with Crippen LogP contribution in [-0.4, -0.2) is 36.7 Å². The minimum atomic E-state index is -0.622. The van der Waals surface area contributed by atoms with E-state index in [1.807, 2.05) is 0 Å². The van der Waals surface area contributed by atoms with Gasteiger partial charge in [0.1, 0.15) is 16.5 Å². The molecule has 1 atom stereocenters. The summed E-state index contributed by atoms with van der Waals surface area (Å²) in [6.45, 7) is 1.73. The summed E-state index contributed by atoms with van der Waals surface area (Å²) >= 11 is 5.79. The largest absolute Gasteiger partial charge is 0.269 e. The summed E-state index contributed by atoms with van der Waals surface area (Å²) in [4.78, 5) is 43.5. The van der Waals surface area contributed by atoms with Crippen molar-refractivity contribution in [3.8, 4) is 11.4 Å². The van der Waals surface area contributed by atoms with Crippen LogP contribution in [0.2, 0.25) is 5.15 Å². The standard InChI is InChI=1S/C18H12ClN5O2/c1-10(24-17(25)11-4-2-3-5-12(11)18(24)26)15-16(21-7-6-20-15)13-8-23-14(19)9-22-13/h2-10H,1H3. The minimum absolute atomic E-state index is 0.257. The summed E-state index contributed by atoms with van der Waals surface area (Å²) in [5.41, 5.74) is 2.14. The van der Waals surface area contributed by atoms with Crippen LogP contribution in [0.15, 0.2) is 49.1 Å². The zero-order valence-corrected chi connectivity index (χ0v) is 14.4. The van der Waals surface area contributed by atoms with Gasteiger partial charge in [-0.2, -0.15) is 0 Å². The average molecular weight is 366 g/mol. The summed E-state index contributed by atoms with van der Waals surface area (Å²) < 4.78 is 0. The van der Waals surface area contributed by atoms with Crippen LogP contribution < -0.4 is 0 Å². The Balaban J connectivity index is 1.77. The number of hydrogen-bond donors (Lipinski definition) is 0. The maximum atomic E-state index is 12.7. The molecule has 0 fully saturated rings. The average Bonchev–Trinajstić information content (AvgIpc) is 2.93. The first-order valence-corrected chi connectivity index (χ1v) is 8.21. The Labute approximate surface area is 153 Å². The van der Waals surface area contributed by atoms with Gasteiger partial charge in [-0.3, -0.25) is 24.5 Å². The Morgan fingerprint density at radius 1 is 0.923 bits per heavy atom. The van der Waals surface area contributed by atoms with Crippen LogP contribution in [0.25, 0.3) is 11.4 Å². The molecule has 128 valence electrons. The third-order valence-electron chi connectivity index (χ3n) is 4.20. The third-order valence-corrected chi connectivity index (χ3v) is 4.39. The van der Waals surface area contributed by atoms with Crippen molar-refractivity contribution in [3.05, 3.63) is 71.0 Å². The van der Waals surface area contributed by atoms with Crippen LogP contribution in [0.3, 0.4) is 0 Å². The van der Waals surface area contributed by atoms with E-state index in [0.29, 0.717) is 28.2 Å². The molecular weight excluding hydrogens is 354 g/mol. The van der Waals surface area contributed by atoms with Crippen molar-refractivity contribution in [3.63, 3.8) is 0 Å². The van der Waals surface area contributed by atoms with Crippen LogP contribution >= 0.6 is 11.6 Å². The molecule has 3 aromatic rings. The summed E-state index contributed by atoms with van der Waals surface area (Å²) in [5.74, 6) is -0.700. The second-order valence-electron chi connectivity index (χ2n) is 5.72. The molecule has 1 aromatic carbocycles. The quantitative estimate of drug-likeness (QED) is 0.663.